The van der Waals surface area contributed by atoms with Crippen molar-refractivity contribution in [3.05, 3.63) is 11.6 Å². The van der Waals surface area contributed by atoms with Crippen molar-refractivity contribution in [2.24, 2.45) is 5.92 Å². The Hall–Kier alpha value is -1.32. The molecule has 0 N–H and O–H groups in total. The molecule has 0 radical (unpaired) electrons. The lowest BCUT2D eigenvalue weighted by Crippen LogP contribution is -2.25. The van der Waals surface area contributed by atoms with E-state index in [2.05, 4.69) is 16.4 Å². The van der Waals surface area contributed by atoms with E-state index >= 15 is 0 Å². The van der Waals surface area contributed by atoms with Gasteiger partial charge in [0, 0.05) is 0 Å². The maximum absolute atomic E-state index is 11.5. The van der Waals surface area contributed by atoms with Gasteiger partial charge in [0.1, 0.15) is 0 Å². The SMILES string of the molecule is CCCC/C(=C/C(C(=O)OC)C(=O)OC)CC. The van der Waals surface area contributed by atoms with Gasteiger partial charge in [-0.05, 0) is 19.3 Å². The molecule has 0 aliphatic heterocycles. The molecule has 0 aromatic carbocycles. The molecule has 0 fully saturated rings. The van der Waals surface area contributed by atoms with Crippen LogP contribution in [0.2, 0.25) is 0 Å². The van der Waals surface area contributed by atoms with Gasteiger partial charge in [-0.25, -0.2) is 0 Å². The molecule has 0 saturated carbocycles. The molecular formula is C13H22O4. The Morgan fingerprint density at radius 3 is 2.00 bits per heavy atom. The minimum atomic E-state index is -0.934. The number of hydrogen-bond donors (Lipinski definition) is 0. The highest BCUT2D eigenvalue weighted by molar-refractivity contribution is 5.96. The lowest BCUT2D eigenvalue weighted by atomic mass is 10.00. The van der Waals surface area contributed by atoms with E-state index in [1.165, 1.54) is 14.2 Å². The van der Waals surface area contributed by atoms with Crippen LogP contribution in [0.15, 0.2) is 11.6 Å². The second-order valence-corrected chi connectivity index (χ2v) is 3.81. The molecule has 0 aromatic heterocycles. The zero-order valence-electron chi connectivity index (χ0n) is 11.1. The summed E-state index contributed by atoms with van der Waals surface area (Å²) in [6.07, 6.45) is 5.53. The van der Waals surface area contributed by atoms with Crippen molar-refractivity contribution in [1.29, 1.82) is 0 Å². The number of methoxy groups -OCH3 is 2. The summed E-state index contributed by atoms with van der Waals surface area (Å²) in [6.45, 7) is 4.11. The van der Waals surface area contributed by atoms with Crippen LogP contribution in [0.3, 0.4) is 0 Å². The van der Waals surface area contributed by atoms with Crippen molar-refractivity contribution in [3.63, 3.8) is 0 Å². The molecule has 0 spiro atoms. The minimum absolute atomic E-state index is 0.570. The average molecular weight is 242 g/mol. The van der Waals surface area contributed by atoms with Crippen LogP contribution in [-0.2, 0) is 19.1 Å². The first kappa shape index (κ1) is 15.7. The Bertz CT molecular complexity index is 265. The van der Waals surface area contributed by atoms with Gasteiger partial charge in [-0.15, -0.1) is 0 Å². The Balaban J connectivity index is 4.84. The average Bonchev–Trinajstić information content (AvgIpc) is 2.37. The van der Waals surface area contributed by atoms with E-state index in [9.17, 15) is 9.59 Å². The van der Waals surface area contributed by atoms with E-state index in [1.807, 2.05) is 6.92 Å². The topological polar surface area (TPSA) is 52.6 Å². The smallest absolute Gasteiger partial charge is 0.323 e. The number of unbranched alkanes of at least 4 members (excludes halogenated alkanes) is 1. The van der Waals surface area contributed by atoms with Crippen LogP contribution in [0.4, 0.5) is 0 Å². The molecule has 0 aliphatic rings. The molecule has 0 atom stereocenters. The molecule has 4 nitrogen and oxygen atoms in total. The number of esters is 2. The molecular weight excluding hydrogens is 220 g/mol. The van der Waals surface area contributed by atoms with Gasteiger partial charge < -0.3 is 9.47 Å². The molecule has 98 valence electrons. The number of allylic oxidation sites excluding steroid dienone is 1. The molecule has 0 amide bonds. The lowest BCUT2D eigenvalue weighted by Gasteiger charge is -2.11. The summed E-state index contributed by atoms with van der Waals surface area (Å²) in [7, 11) is 2.54. The zero-order valence-corrected chi connectivity index (χ0v) is 11.1. The molecule has 0 heterocycles. The van der Waals surface area contributed by atoms with Gasteiger partial charge in [0.2, 0.25) is 0 Å². The zero-order chi connectivity index (χ0) is 13.3. The molecule has 0 aliphatic carbocycles. The highest BCUT2D eigenvalue weighted by atomic mass is 16.5. The molecule has 17 heavy (non-hydrogen) atoms. The number of carbonyl (C=O) groups is 2. The fraction of sp³-hybridized carbons (Fsp3) is 0.692. The standard InChI is InChI=1S/C13H22O4/c1-5-7-8-10(6-2)9-11(12(14)16-3)13(15)17-4/h9,11H,5-8H2,1-4H3/b10-9+. The van der Waals surface area contributed by atoms with Gasteiger partial charge in [0.05, 0.1) is 14.2 Å². The summed E-state index contributed by atoms with van der Waals surface area (Å²) >= 11 is 0. The fourth-order valence-corrected chi connectivity index (χ4v) is 1.50. The van der Waals surface area contributed by atoms with Crippen LogP contribution in [0.1, 0.15) is 39.5 Å². The number of hydrogen-bond acceptors (Lipinski definition) is 4. The Morgan fingerprint density at radius 2 is 1.65 bits per heavy atom. The van der Waals surface area contributed by atoms with E-state index in [0.717, 1.165) is 31.3 Å². The second-order valence-electron chi connectivity index (χ2n) is 3.81. The molecule has 0 rings (SSSR count). The minimum Gasteiger partial charge on any atom is -0.468 e. The molecule has 0 aromatic rings. The van der Waals surface area contributed by atoms with Crippen LogP contribution < -0.4 is 0 Å². The van der Waals surface area contributed by atoms with Crippen LogP contribution in [0.5, 0.6) is 0 Å². The first-order valence-electron chi connectivity index (χ1n) is 5.95. The van der Waals surface area contributed by atoms with Crippen molar-refractivity contribution in [1.82, 2.24) is 0 Å². The number of ether oxygens (including phenoxy) is 2. The summed E-state index contributed by atoms with van der Waals surface area (Å²) in [5.74, 6) is -2.07. The van der Waals surface area contributed by atoms with Crippen molar-refractivity contribution < 1.29 is 19.1 Å². The molecule has 0 unspecified atom stereocenters. The van der Waals surface area contributed by atoms with Gasteiger partial charge in [0.25, 0.3) is 0 Å². The van der Waals surface area contributed by atoms with Crippen molar-refractivity contribution >= 4 is 11.9 Å². The van der Waals surface area contributed by atoms with Crippen LogP contribution in [-0.4, -0.2) is 26.2 Å². The number of carbonyl (C=O) groups excluding carboxylic acids is 2. The third kappa shape index (κ3) is 5.52. The number of rotatable bonds is 7. The first-order valence-corrected chi connectivity index (χ1v) is 5.95. The predicted octanol–water partition coefficient (Wildman–Crippen LogP) is 2.48. The van der Waals surface area contributed by atoms with E-state index in [4.69, 9.17) is 0 Å². The van der Waals surface area contributed by atoms with Crippen molar-refractivity contribution in [3.8, 4) is 0 Å². The maximum Gasteiger partial charge on any atom is 0.323 e. The molecule has 0 bridgehead atoms. The largest absolute Gasteiger partial charge is 0.468 e. The monoisotopic (exact) mass is 242 g/mol. The van der Waals surface area contributed by atoms with Crippen molar-refractivity contribution in [2.45, 2.75) is 39.5 Å². The van der Waals surface area contributed by atoms with E-state index in [1.54, 1.807) is 6.08 Å². The molecule has 4 heteroatoms. The Kier molecular flexibility index (Phi) is 8.11. The van der Waals surface area contributed by atoms with E-state index in [0.29, 0.717) is 0 Å². The van der Waals surface area contributed by atoms with E-state index < -0.39 is 17.9 Å². The Labute approximate surface area is 103 Å². The van der Waals surface area contributed by atoms with Crippen LogP contribution >= 0.6 is 0 Å². The summed E-state index contributed by atoms with van der Waals surface area (Å²) in [4.78, 5) is 22.9. The lowest BCUT2D eigenvalue weighted by molar-refractivity contribution is -0.156. The summed E-state index contributed by atoms with van der Waals surface area (Å²) < 4.78 is 9.20. The van der Waals surface area contributed by atoms with Gasteiger partial charge in [-0.3, -0.25) is 9.59 Å². The maximum atomic E-state index is 11.5. The summed E-state index contributed by atoms with van der Waals surface area (Å²) in [6, 6.07) is 0. The predicted molar refractivity (Wildman–Crippen MR) is 65.4 cm³/mol. The van der Waals surface area contributed by atoms with Gasteiger partial charge in [-0.2, -0.15) is 0 Å². The van der Waals surface area contributed by atoms with Crippen LogP contribution in [0.25, 0.3) is 0 Å². The molecule has 0 saturated heterocycles. The Morgan fingerprint density at radius 1 is 1.12 bits per heavy atom. The highest BCUT2D eigenvalue weighted by Crippen LogP contribution is 2.16. The van der Waals surface area contributed by atoms with Gasteiger partial charge in [0.15, 0.2) is 5.92 Å². The van der Waals surface area contributed by atoms with E-state index in [-0.39, 0.29) is 0 Å². The highest BCUT2D eigenvalue weighted by Gasteiger charge is 2.26. The van der Waals surface area contributed by atoms with Crippen LogP contribution in [0, 0.1) is 5.92 Å². The second kappa shape index (κ2) is 8.79. The third-order valence-electron chi connectivity index (χ3n) is 2.62. The third-order valence-corrected chi connectivity index (χ3v) is 2.62. The van der Waals surface area contributed by atoms with Gasteiger partial charge >= 0.3 is 11.9 Å². The fourth-order valence-electron chi connectivity index (χ4n) is 1.50. The van der Waals surface area contributed by atoms with Crippen molar-refractivity contribution in [2.75, 3.05) is 14.2 Å². The van der Waals surface area contributed by atoms with Gasteiger partial charge in [-0.1, -0.05) is 31.9 Å². The quantitative estimate of drug-likeness (QED) is 0.391. The first-order chi connectivity index (χ1) is 8.10. The normalized spacial score (nSPS) is 11.5. The summed E-state index contributed by atoms with van der Waals surface area (Å²) in [5.41, 5.74) is 1.09. The summed E-state index contributed by atoms with van der Waals surface area (Å²) in [5, 5.41) is 0.